The van der Waals surface area contributed by atoms with Crippen molar-refractivity contribution in [1.82, 2.24) is 4.90 Å². The number of nitrogens with zero attached hydrogens (tertiary/aromatic N) is 1. The Morgan fingerprint density at radius 2 is 1.97 bits per heavy atom. The quantitative estimate of drug-likeness (QED) is 0.302. The van der Waals surface area contributed by atoms with E-state index in [2.05, 4.69) is 61.0 Å². The first-order valence-corrected chi connectivity index (χ1v) is 17.0. The minimum absolute atomic E-state index is 0.0456. The molecule has 0 aromatic rings. The summed E-state index contributed by atoms with van der Waals surface area (Å²) >= 11 is 1.96. The van der Waals surface area contributed by atoms with Gasteiger partial charge in [0.25, 0.3) is 0 Å². The molecule has 0 amide bonds. The molecule has 29 heavy (non-hydrogen) atoms. The first kappa shape index (κ1) is 28.0. The fourth-order valence-corrected chi connectivity index (χ4v) is 7.36. The van der Waals surface area contributed by atoms with E-state index in [0.717, 1.165) is 38.6 Å². The summed E-state index contributed by atoms with van der Waals surface area (Å²) in [5, 5.41) is 10.9. The standard InChI is InChI=1S/C23H49NO2P2S/c1-9-10-13-21(26-6)20(25)17-23(4,5)22(2,3)14-16-24-15-11-12-19(24)18-28(7,27)29-8/h19-21,25H,7,9-18,27H2,1-6,8H3. The minimum atomic E-state index is -1.16. The molecule has 1 rings (SSSR count). The van der Waals surface area contributed by atoms with Gasteiger partial charge in [0.15, 0.2) is 0 Å². The highest BCUT2D eigenvalue weighted by Gasteiger charge is 2.40. The van der Waals surface area contributed by atoms with Gasteiger partial charge in [0.2, 0.25) is 0 Å². The maximum absolute atomic E-state index is 10.9. The third-order valence-electron chi connectivity index (χ3n) is 7.53. The Hall–Kier alpha value is 0.960. The molecule has 1 N–H and O–H groups in total. The van der Waals surface area contributed by atoms with E-state index in [1.165, 1.54) is 25.5 Å². The van der Waals surface area contributed by atoms with Crippen molar-refractivity contribution in [2.45, 2.75) is 97.8 Å². The Kier molecular flexibility index (Phi) is 11.8. The molecule has 1 saturated heterocycles. The summed E-state index contributed by atoms with van der Waals surface area (Å²) in [5.41, 5.74) is 0.203. The second kappa shape index (κ2) is 12.3. The lowest BCUT2D eigenvalue weighted by Gasteiger charge is -2.45. The molecular weight excluding hydrogens is 416 g/mol. The summed E-state index contributed by atoms with van der Waals surface area (Å²) in [6, 6.07) is 0.696. The number of hydrogen-bond donors (Lipinski definition) is 1. The second-order valence-corrected chi connectivity index (χ2v) is 20.4. The van der Waals surface area contributed by atoms with Gasteiger partial charge in [-0.15, -0.1) is 20.3 Å². The highest BCUT2D eigenvalue weighted by atomic mass is 32.9. The van der Waals surface area contributed by atoms with Crippen LogP contribution in [0.4, 0.5) is 0 Å². The topological polar surface area (TPSA) is 32.7 Å². The molecule has 0 spiro atoms. The van der Waals surface area contributed by atoms with Gasteiger partial charge in [-0.3, -0.25) is 4.90 Å². The molecule has 174 valence electrons. The summed E-state index contributed by atoms with van der Waals surface area (Å²) in [4.78, 5) is 2.72. The van der Waals surface area contributed by atoms with Crippen molar-refractivity contribution in [2.75, 3.05) is 32.6 Å². The van der Waals surface area contributed by atoms with Crippen molar-refractivity contribution in [3.63, 3.8) is 0 Å². The van der Waals surface area contributed by atoms with Crippen LogP contribution in [-0.4, -0.2) is 67.2 Å². The van der Waals surface area contributed by atoms with Crippen LogP contribution in [-0.2, 0) is 4.74 Å². The number of rotatable bonds is 14. The van der Waals surface area contributed by atoms with E-state index in [0.29, 0.717) is 6.04 Å². The molecule has 6 heteroatoms. The molecule has 1 aliphatic rings. The average Bonchev–Trinajstić information content (AvgIpc) is 3.06. The number of ether oxygens (including phenoxy) is 1. The normalized spacial score (nSPS) is 23.1. The molecule has 1 fully saturated rings. The molecule has 5 unspecified atom stereocenters. The Balaban J connectivity index is 2.68. The van der Waals surface area contributed by atoms with Crippen LogP contribution < -0.4 is 0 Å². The van der Waals surface area contributed by atoms with E-state index in [1.807, 2.05) is 11.4 Å². The molecule has 0 bridgehead atoms. The third kappa shape index (κ3) is 8.78. The summed E-state index contributed by atoms with van der Waals surface area (Å²) in [5.74, 6) is -1.16. The summed E-state index contributed by atoms with van der Waals surface area (Å²) in [6.45, 7) is 14.0. The second-order valence-electron chi connectivity index (χ2n) is 10.4. The van der Waals surface area contributed by atoms with Crippen LogP contribution in [0.1, 0.15) is 79.6 Å². The van der Waals surface area contributed by atoms with Crippen LogP contribution in [0.2, 0.25) is 0 Å². The lowest BCUT2D eigenvalue weighted by atomic mass is 9.63. The number of likely N-dealkylation sites (tertiary alicyclic amines) is 1. The first-order chi connectivity index (χ1) is 13.4. The molecular formula is C23H49NO2P2S. The van der Waals surface area contributed by atoms with Gasteiger partial charge in [0, 0.05) is 13.2 Å². The summed E-state index contributed by atoms with van der Waals surface area (Å²) < 4.78 is 5.62. The minimum Gasteiger partial charge on any atom is -0.390 e. The molecule has 5 atom stereocenters. The molecule has 0 aromatic carbocycles. The van der Waals surface area contributed by atoms with Crippen molar-refractivity contribution in [2.24, 2.45) is 10.8 Å². The predicted octanol–water partition coefficient (Wildman–Crippen LogP) is 6.37. The van der Waals surface area contributed by atoms with Gasteiger partial charge in [-0.25, -0.2) is 0 Å². The Bertz CT molecular complexity index is 527. The van der Waals surface area contributed by atoms with E-state index < -0.39 is 11.9 Å². The lowest BCUT2D eigenvalue weighted by molar-refractivity contribution is -0.0577. The van der Waals surface area contributed by atoms with Crippen LogP contribution in [0, 0.1) is 10.8 Å². The fraction of sp³-hybridized carbons (Fsp3) is 0.957. The molecule has 3 nitrogen and oxygen atoms in total. The molecule has 0 aliphatic carbocycles. The summed E-state index contributed by atoms with van der Waals surface area (Å²) in [6.07, 6.45) is 15.3. The lowest BCUT2D eigenvalue weighted by Crippen LogP contribution is -2.42. The Labute approximate surface area is 188 Å². The molecule has 1 heterocycles. The van der Waals surface area contributed by atoms with E-state index in [-0.39, 0.29) is 16.9 Å². The van der Waals surface area contributed by atoms with E-state index in [4.69, 9.17) is 4.74 Å². The van der Waals surface area contributed by atoms with E-state index in [1.54, 1.807) is 7.11 Å². The predicted molar refractivity (Wildman–Crippen MR) is 140 cm³/mol. The van der Waals surface area contributed by atoms with Gasteiger partial charge in [-0.2, -0.15) is 0 Å². The van der Waals surface area contributed by atoms with Gasteiger partial charge in [-0.05, 0) is 74.2 Å². The Morgan fingerprint density at radius 3 is 2.52 bits per heavy atom. The molecule has 0 aromatic heterocycles. The fourth-order valence-electron chi connectivity index (χ4n) is 4.39. The largest absolute Gasteiger partial charge is 0.390 e. The molecule has 0 radical (unpaired) electrons. The number of aliphatic hydroxyl groups is 1. The zero-order valence-electron chi connectivity index (χ0n) is 20.2. The van der Waals surface area contributed by atoms with Crippen LogP contribution in [0.15, 0.2) is 0 Å². The number of unbranched alkanes of at least 4 members (excludes halogenated alkanes) is 1. The van der Waals surface area contributed by atoms with Gasteiger partial charge in [0.1, 0.15) is 0 Å². The van der Waals surface area contributed by atoms with Gasteiger partial charge in [-0.1, -0.05) is 53.8 Å². The highest BCUT2D eigenvalue weighted by Crippen LogP contribution is 2.65. The van der Waals surface area contributed by atoms with Gasteiger partial charge >= 0.3 is 0 Å². The van der Waals surface area contributed by atoms with Crippen molar-refractivity contribution >= 4 is 32.4 Å². The number of hydrogen-bond acceptors (Lipinski definition) is 4. The van der Waals surface area contributed by atoms with Gasteiger partial charge in [0.05, 0.1) is 12.2 Å². The summed E-state index contributed by atoms with van der Waals surface area (Å²) in [7, 11) is 4.80. The maximum atomic E-state index is 10.9. The zero-order valence-corrected chi connectivity index (χ0v) is 23.1. The van der Waals surface area contributed by atoms with Crippen molar-refractivity contribution in [1.29, 1.82) is 0 Å². The SMILES string of the molecule is C=P(P)(CC1CCCN1CCC(C)(C)C(C)(C)CC(O)C(CCCC)OC)SC. The third-order valence-corrected chi connectivity index (χ3v) is 14.5. The van der Waals surface area contributed by atoms with Crippen molar-refractivity contribution in [3.8, 4) is 0 Å². The van der Waals surface area contributed by atoms with E-state index >= 15 is 0 Å². The molecule has 0 saturated carbocycles. The monoisotopic (exact) mass is 465 g/mol. The van der Waals surface area contributed by atoms with Crippen LogP contribution in [0.25, 0.3) is 0 Å². The zero-order chi connectivity index (χ0) is 22.3. The highest BCUT2D eigenvalue weighted by molar-refractivity contribution is 8.76. The molecule has 1 aliphatic heterocycles. The Morgan fingerprint density at radius 1 is 1.31 bits per heavy atom. The van der Waals surface area contributed by atoms with Gasteiger partial charge < -0.3 is 9.84 Å². The van der Waals surface area contributed by atoms with E-state index in [9.17, 15) is 5.11 Å². The average molecular weight is 466 g/mol. The number of aliphatic hydroxyl groups excluding tert-OH is 1. The van der Waals surface area contributed by atoms with Crippen molar-refractivity contribution in [3.05, 3.63) is 0 Å². The first-order valence-electron chi connectivity index (χ1n) is 11.4. The van der Waals surface area contributed by atoms with Crippen LogP contribution >= 0.6 is 26.1 Å². The smallest absolute Gasteiger partial charge is 0.0830 e. The van der Waals surface area contributed by atoms with Crippen molar-refractivity contribution < 1.29 is 9.84 Å². The van der Waals surface area contributed by atoms with Crippen LogP contribution in [0.3, 0.4) is 0 Å². The maximum Gasteiger partial charge on any atom is 0.0830 e. The number of methoxy groups -OCH3 is 1. The van der Waals surface area contributed by atoms with Crippen LogP contribution in [0.5, 0.6) is 0 Å².